The summed E-state index contributed by atoms with van der Waals surface area (Å²) in [5.74, 6) is 0.727. The number of halogens is 1. The predicted molar refractivity (Wildman–Crippen MR) is 96.8 cm³/mol. The fourth-order valence-corrected chi connectivity index (χ4v) is 3.56. The van der Waals surface area contributed by atoms with Crippen LogP contribution < -0.4 is 15.0 Å². The first-order valence-electron chi connectivity index (χ1n) is 7.98. The van der Waals surface area contributed by atoms with Crippen molar-refractivity contribution in [1.82, 2.24) is 5.32 Å². The zero-order chi connectivity index (χ0) is 16.3. The second-order valence-corrected chi connectivity index (χ2v) is 6.71. The number of hydrogen-bond donors (Lipinski definition) is 1. The lowest BCUT2D eigenvalue weighted by atomic mass is 9.88. The minimum absolute atomic E-state index is 0.0123. The van der Waals surface area contributed by atoms with Crippen molar-refractivity contribution in [3.8, 4) is 5.75 Å². The summed E-state index contributed by atoms with van der Waals surface area (Å²) in [5, 5.41) is 4.19. The molecule has 3 nitrogen and oxygen atoms in total. The highest BCUT2D eigenvalue weighted by Gasteiger charge is 2.34. The number of benzene rings is 2. The fraction of sp³-hybridized carbons (Fsp3) is 0.368. The van der Waals surface area contributed by atoms with Crippen molar-refractivity contribution < 1.29 is 4.74 Å². The predicted octanol–water partition coefficient (Wildman–Crippen LogP) is 3.76. The van der Waals surface area contributed by atoms with Crippen molar-refractivity contribution in [2.75, 3.05) is 31.6 Å². The van der Waals surface area contributed by atoms with Crippen LogP contribution in [0.3, 0.4) is 0 Å². The second kappa shape index (κ2) is 6.81. The van der Waals surface area contributed by atoms with Crippen molar-refractivity contribution in [2.24, 2.45) is 0 Å². The number of piperazine rings is 1. The van der Waals surface area contributed by atoms with Crippen LogP contribution in [0, 0.1) is 0 Å². The highest BCUT2D eigenvalue weighted by Crippen LogP contribution is 2.34. The van der Waals surface area contributed by atoms with Gasteiger partial charge in [0.2, 0.25) is 0 Å². The van der Waals surface area contributed by atoms with Crippen molar-refractivity contribution in [3.05, 3.63) is 59.1 Å². The number of methoxy groups -OCH3 is 1. The van der Waals surface area contributed by atoms with E-state index in [9.17, 15) is 0 Å². The van der Waals surface area contributed by atoms with Gasteiger partial charge in [-0.2, -0.15) is 0 Å². The van der Waals surface area contributed by atoms with Gasteiger partial charge in [0.25, 0.3) is 0 Å². The van der Waals surface area contributed by atoms with Gasteiger partial charge in [0.1, 0.15) is 5.75 Å². The van der Waals surface area contributed by atoms with Crippen molar-refractivity contribution in [2.45, 2.75) is 18.9 Å². The molecule has 1 N–H and O–H groups in total. The minimum atomic E-state index is 0.0123. The van der Waals surface area contributed by atoms with Gasteiger partial charge >= 0.3 is 0 Å². The van der Waals surface area contributed by atoms with Gasteiger partial charge in [0.05, 0.1) is 17.7 Å². The molecule has 1 fully saturated rings. The Labute approximate surface area is 143 Å². The molecule has 1 heterocycles. The minimum Gasteiger partial charge on any atom is -0.495 e. The Morgan fingerprint density at radius 2 is 2.00 bits per heavy atom. The molecule has 1 saturated heterocycles. The van der Waals surface area contributed by atoms with Crippen molar-refractivity contribution in [1.29, 1.82) is 0 Å². The van der Waals surface area contributed by atoms with Crippen LogP contribution in [0.1, 0.15) is 12.5 Å². The van der Waals surface area contributed by atoms with Gasteiger partial charge in [-0.3, -0.25) is 0 Å². The molecule has 1 atom stereocenters. The average Bonchev–Trinajstić information content (AvgIpc) is 2.56. The third-order valence-electron chi connectivity index (χ3n) is 4.54. The fourth-order valence-electron chi connectivity index (χ4n) is 3.36. The van der Waals surface area contributed by atoms with Crippen LogP contribution in [0.4, 0.5) is 5.69 Å². The van der Waals surface area contributed by atoms with E-state index in [-0.39, 0.29) is 5.54 Å². The Balaban J connectivity index is 1.92. The van der Waals surface area contributed by atoms with E-state index in [2.05, 4.69) is 53.5 Å². The lowest BCUT2D eigenvalue weighted by Gasteiger charge is -2.47. The highest BCUT2D eigenvalue weighted by molar-refractivity contribution is 6.32. The van der Waals surface area contributed by atoms with Crippen LogP contribution >= 0.6 is 11.6 Å². The van der Waals surface area contributed by atoms with Crippen LogP contribution in [0.15, 0.2) is 48.5 Å². The Morgan fingerprint density at radius 1 is 1.22 bits per heavy atom. The Bertz CT molecular complexity index is 662. The van der Waals surface area contributed by atoms with E-state index in [4.69, 9.17) is 16.3 Å². The van der Waals surface area contributed by atoms with Gasteiger partial charge in [-0.05, 0) is 31.0 Å². The number of nitrogens with one attached hydrogen (secondary N) is 1. The largest absolute Gasteiger partial charge is 0.495 e. The molecule has 3 rings (SSSR count). The standard InChI is InChI=1S/C19H23ClN2O/c1-19(13-15-6-4-3-5-7-15)14-21-10-11-22(19)16-8-9-17(20)18(12-16)23-2/h3-9,12,21H,10-11,13-14H2,1-2H3/t19-/m1/s1. The third-order valence-corrected chi connectivity index (χ3v) is 4.86. The third kappa shape index (κ3) is 3.46. The normalized spacial score (nSPS) is 21.3. The summed E-state index contributed by atoms with van der Waals surface area (Å²) in [5.41, 5.74) is 2.52. The van der Waals surface area contributed by atoms with Crippen LogP contribution in [-0.2, 0) is 6.42 Å². The molecule has 4 heteroatoms. The van der Waals surface area contributed by atoms with E-state index in [1.54, 1.807) is 7.11 Å². The number of rotatable bonds is 4. The Kier molecular flexibility index (Phi) is 4.79. The number of anilines is 1. The maximum Gasteiger partial charge on any atom is 0.139 e. The maximum absolute atomic E-state index is 6.18. The topological polar surface area (TPSA) is 24.5 Å². The van der Waals surface area contributed by atoms with E-state index in [0.717, 1.165) is 37.5 Å². The molecule has 0 bridgehead atoms. The van der Waals surface area contributed by atoms with Crippen molar-refractivity contribution >= 4 is 17.3 Å². The zero-order valence-corrected chi connectivity index (χ0v) is 14.4. The number of nitrogens with zero attached hydrogens (tertiary/aromatic N) is 1. The molecule has 0 unspecified atom stereocenters. The maximum atomic E-state index is 6.18. The van der Waals surface area contributed by atoms with E-state index < -0.39 is 0 Å². The Morgan fingerprint density at radius 3 is 2.74 bits per heavy atom. The molecule has 0 amide bonds. The van der Waals surface area contributed by atoms with Crippen LogP contribution in [0.5, 0.6) is 5.75 Å². The van der Waals surface area contributed by atoms with Crippen LogP contribution in [0.25, 0.3) is 0 Å². The van der Waals surface area contributed by atoms with E-state index >= 15 is 0 Å². The summed E-state index contributed by atoms with van der Waals surface area (Å²) in [7, 11) is 1.66. The first kappa shape index (κ1) is 16.2. The average molecular weight is 331 g/mol. The molecule has 23 heavy (non-hydrogen) atoms. The van der Waals surface area contributed by atoms with Crippen molar-refractivity contribution in [3.63, 3.8) is 0 Å². The Hall–Kier alpha value is -1.71. The SMILES string of the molecule is COc1cc(N2CCNC[C@@]2(C)Cc2ccccc2)ccc1Cl. The monoisotopic (exact) mass is 330 g/mol. The van der Waals surface area contributed by atoms with Crippen LogP contribution in [0.2, 0.25) is 5.02 Å². The molecule has 2 aromatic rings. The quantitative estimate of drug-likeness (QED) is 0.923. The lowest BCUT2D eigenvalue weighted by Crippen LogP contribution is -2.61. The summed E-state index contributed by atoms with van der Waals surface area (Å²) < 4.78 is 5.39. The summed E-state index contributed by atoms with van der Waals surface area (Å²) in [6, 6.07) is 16.7. The first-order valence-corrected chi connectivity index (χ1v) is 8.36. The van der Waals surface area contributed by atoms with Gasteiger partial charge in [0, 0.05) is 31.4 Å². The second-order valence-electron chi connectivity index (χ2n) is 6.31. The molecular weight excluding hydrogens is 308 g/mol. The number of hydrogen-bond acceptors (Lipinski definition) is 3. The van der Waals surface area contributed by atoms with E-state index in [0.29, 0.717) is 5.02 Å². The molecule has 0 aliphatic carbocycles. The van der Waals surface area contributed by atoms with Gasteiger partial charge in [-0.25, -0.2) is 0 Å². The molecule has 0 aromatic heterocycles. The van der Waals surface area contributed by atoms with E-state index in [1.807, 2.05) is 12.1 Å². The molecule has 2 aromatic carbocycles. The van der Waals surface area contributed by atoms with Crippen LogP contribution in [-0.4, -0.2) is 32.3 Å². The first-order chi connectivity index (χ1) is 11.1. The van der Waals surface area contributed by atoms with E-state index in [1.165, 1.54) is 5.56 Å². The number of ether oxygens (including phenoxy) is 1. The summed E-state index contributed by atoms with van der Waals surface area (Å²) in [6.07, 6.45) is 0.992. The molecular formula is C19H23ClN2O. The molecule has 1 aliphatic rings. The molecule has 0 radical (unpaired) electrons. The molecule has 0 saturated carbocycles. The highest BCUT2D eigenvalue weighted by atomic mass is 35.5. The molecule has 0 spiro atoms. The van der Waals surface area contributed by atoms with Gasteiger partial charge < -0.3 is 15.0 Å². The molecule has 122 valence electrons. The van der Waals surface area contributed by atoms with Gasteiger partial charge in [-0.1, -0.05) is 41.9 Å². The van der Waals surface area contributed by atoms with Gasteiger partial charge in [0.15, 0.2) is 0 Å². The summed E-state index contributed by atoms with van der Waals surface area (Å²) in [6.45, 7) is 5.21. The van der Waals surface area contributed by atoms with Gasteiger partial charge in [-0.15, -0.1) is 0 Å². The summed E-state index contributed by atoms with van der Waals surface area (Å²) >= 11 is 6.18. The zero-order valence-electron chi connectivity index (χ0n) is 13.7. The smallest absolute Gasteiger partial charge is 0.139 e. The molecule has 1 aliphatic heterocycles. The summed E-state index contributed by atoms with van der Waals surface area (Å²) in [4.78, 5) is 2.47. The lowest BCUT2D eigenvalue weighted by molar-refractivity contribution is 0.349.